The Hall–Kier alpha value is -1.51. The van der Waals surface area contributed by atoms with E-state index in [4.69, 9.17) is 0 Å². The zero-order valence-electron chi connectivity index (χ0n) is 12.0. The molecule has 8 heteroatoms. The van der Waals surface area contributed by atoms with Crippen LogP contribution in [0.25, 0.3) is 0 Å². The number of aromatic nitrogens is 2. The Morgan fingerprint density at radius 1 is 1.14 bits per heavy atom. The van der Waals surface area contributed by atoms with E-state index in [-0.39, 0.29) is 5.75 Å². The molecule has 0 atom stereocenters. The molecule has 114 valence electrons. The molecule has 0 radical (unpaired) electrons. The van der Waals surface area contributed by atoms with Crippen molar-refractivity contribution in [2.24, 2.45) is 0 Å². The van der Waals surface area contributed by atoms with Gasteiger partial charge in [0.1, 0.15) is 5.01 Å². The number of nitrogens with one attached hydrogen (secondary N) is 2. The second-order valence-corrected chi connectivity index (χ2v) is 7.35. The number of benzene rings is 1. The minimum atomic E-state index is -3.47. The van der Waals surface area contributed by atoms with Crippen molar-refractivity contribution in [1.82, 2.24) is 15.5 Å². The first-order valence-corrected chi connectivity index (χ1v) is 9.04. The molecule has 0 aliphatic carbocycles. The lowest BCUT2D eigenvalue weighted by atomic mass is 10.1. The van der Waals surface area contributed by atoms with E-state index in [1.165, 1.54) is 11.3 Å². The van der Waals surface area contributed by atoms with Crippen molar-refractivity contribution in [3.05, 3.63) is 40.4 Å². The predicted molar refractivity (Wildman–Crippen MR) is 84.7 cm³/mol. The van der Waals surface area contributed by atoms with Gasteiger partial charge in [-0.05, 0) is 24.6 Å². The highest BCUT2D eigenvalue weighted by Crippen LogP contribution is 2.18. The van der Waals surface area contributed by atoms with Gasteiger partial charge in [0, 0.05) is 6.54 Å². The molecule has 0 saturated heterocycles. The van der Waals surface area contributed by atoms with Gasteiger partial charge in [-0.15, -0.1) is 10.2 Å². The molecule has 0 amide bonds. The number of anilines is 1. The highest BCUT2D eigenvalue weighted by Gasteiger charge is 2.14. The fourth-order valence-electron chi connectivity index (χ4n) is 1.78. The van der Waals surface area contributed by atoms with Gasteiger partial charge >= 0.3 is 0 Å². The van der Waals surface area contributed by atoms with Crippen LogP contribution < -0.4 is 10.0 Å². The van der Waals surface area contributed by atoms with Gasteiger partial charge in [0.2, 0.25) is 15.2 Å². The molecule has 6 nitrogen and oxygen atoms in total. The lowest BCUT2D eigenvalue weighted by molar-refractivity contribution is 0.600. The lowest BCUT2D eigenvalue weighted by Crippen LogP contribution is -2.15. The standard InChI is InChI=1S/C13H18N4O2S2/c1-3-12-15-16-13(20-12)17-21(18,19)9-11-6-4-10(5-7-11)8-14-2/h4-7,14H,3,8-9H2,1-2H3,(H,16,17). The van der Waals surface area contributed by atoms with E-state index in [2.05, 4.69) is 20.2 Å². The SMILES string of the molecule is CCc1nnc(NS(=O)(=O)Cc2ccc(CNC)cc2)s1. The molecule has 0 bridgehead atoms. The Labute approximate surface area is 128 Å². The highest BCUT2D eigenvalue weighted by molar-refractivity contribution is 7.92. The van der Waals surface area contributed by atoms with E-state index in [1.54, 1.807) is 0 Å². The van der Waals surface area contributed by atoms with Crippen LogP contribution in [0.15, 0.2) is 24.3 Å². The van der Waals surface area contributed by atoms with E-state index in [9.17, 15) is 8.42 Å². The molecule has 2 aromatic rings. The van der Waals surface area contributed by atoms with Crippen LogP contribution in [0.1, 0.15) is 23.1 Å². The summed E-state index contributed by atoms with van der Waals surface area (Å²) in [6.07, 6.45) is 0.742. The van der Waals surface area contributed by atoms with Crippen molar-refractivity contribution in [3.8, 4) is 0 Å². The third kappa shape index (κ3) is 4.76. The molecule has 1 aromatic carbocycles. The van der Waals surface area contributed by atoms with Crippen molar-refractivity contribution >= 4 is 26.5 Å². The molecular formula is C13H18N4O2S2. The molecule has 0 saturated carbocycles. The molecule has 0 aliphatic rings. The molecule has 1 heterocycles. The Morgan fingerprint density at radius 3 is 2.38 bits per heavy atom. The van der Waals surface area contributed by atoms with Crippen molar-refractivity contribution in [2.45, 2.75) is 25.6 Å². The summed E-state index contributed by atoms with van der Waals surface area (Å²) in [4.78, 5) is 0. The highest BCUT2D eigenvalue weighted by atomic mass is 32.2. The number of nitrogens with zero attached hydrogens (tertiary/aromatic N) is 2. The first-order valence-electron chi connectivity index (χ1n) is 6.57. The van der Waals surface area contributed by atoms with Crippen LogP contribution in [0, 0.1) is 0 Å². The largest absolute Gasteiger partial charge is 0.316 e. The second kappa shape index (κ2) is 6.97. The van der Waals surface area contributed by atoms with Crippen LogP contribution in [0.4, 0.5) is 5.13 Å². The summed E-state index contributed by atoms with van der Waals surface area (Å²) in [5.74, 6) is -0.0755. The summed E-state index contributed by atoms with van der Waals surface area (Å²) in [7, 11) is -1.60. The summed E-state index contributed by atoms with van der Waals surface area (Å²) >= 11 is 1.26. The van der Waals surface area contributed by atoms with E-state index < -0.39 is 10.0 Å². The lowest BCUT2D eigenvalue weighted by Gasteiger charge is -2.06. The second-order valence-electron chi connectivity index (χ2n) is 4.56. The summed E-state index contributed by atoms with van der Waals surface area (Å²) in [6.45, 7) is 2.71. The van der Waals surface area contributed by atoms with Gasteiger partial charge in [-0.1, -0.05) is 42.5 Å². The van der Waals surface area contributed by atoms with E-state index in [0.29, 0.717) is 5.13 Å². The molecule has 2 rings (SSSR count). The van der Waals surface area contributed by atoms with Gasteiger partial charge in [0.05, 0.1) is 5.75 Å². The zero-order chi connectivity index (χ0) is 15.3. The van der Waals surface area contributed by atoms with Crippen molar-refractivity contribution in [3.63, 3.8) is 0 Å². The molecular weight excluding hydrogens is 308 g/mol. The van der Waals surface area contributed by atoms with Gasteiger partial charge in [0.25, 0.3) is 0 Å². The van der Waals surface area contributed by atoms with Gasteiger partial charge in [-0.25, -0.2) is 8.42 Å². The van der Waals surface area contributed by atoms with Crippen molar-refractivity contribution < 1.29 is 8.42 Å². The smallest absolute Gasteiger partial charge is 0.238 e. The van der Waals surface area contributed by atoms with Gasteiger partial charge in [0.15, 0.2) is 0 Å². The normalized spacial score (nSPS) is 11.5. The first-order chi connectivity index (χ1) is 10.0. The topological polar surface area (TPSA) is 84.0 Å². The third-order valence-corrected chi connectivity index (χ3v) is 5.10. The summed E-state index contributed by atoms with van der Waals surface area (Å²) in [5.41, 5.74) is 1.85. The van der Waals surface area contributed by atoms with E-state index in [1.807, 2.05) is 38.2 Å². The van der Waals surface area contributed by atoms with Gasteiger partial charge < -0.3 is 5.32 Å². The minimum Gasteiger partial charge on any atom is -0.316 e. The number of sulfonamides is 1. The number of aryl methyl sites for hydroxylation is 1. The predicted octanol–water partition coefficient (Wildman–Crippen LogP) is 1.76. The molecule has 2 N–H and O–H groups in total. The number of hydrogen-bond donors (Lipinski definition) is 2. The fourth-order valence-corrected chi connectivity index (χ4v) is 3.87. The van der Waals surface area contributed by atoms with Gasteiger partial charge in [-0.2, -0.15) is 0 Å². The van der Waals surface area contributed by atoms with Crippen LogP contribution in [0.5, 0.6) is 0 Å². The van der Waals surface area contributed by atoms with Crippen molar-refractivity contribution in [2.75, 3.05) is 11.8 Å². The Bertz CT molecular complexity index is 680. The van der Waals surface area contributed by atoms with Crippen LogP contribution in [-0.2, 0) is 28.7 Å². The van der Waals surface area contributed by atoms with Crippen molar-refractivity contribution in [1.29, 1.82) is 0 Å². The maximum absolute atomic E-state index is 12.1. The molecule has 21 heavy (non-hydrogen) atoms. The molecule has 0 unspecified atom stereocenters. The maximum Gasteiger partial charge on any atom is 0.238 e. The van der Waals surface area contributed by atoms with Crippen LogP contribution in [0.3, 0.4) is 0 Å². The molecule has 0 aliphatic heterocycles. The van der Waals surface area contributed by atoms with E-state index >= 15 is 0 Å². The summed E-state index contributed by atoms with van der Waals surface area (Å²) < 4.78 is 26.7. The number of hydrogen-bond acceptors (Lipinski definition) is 6. The molecule has 0 spiro atoms. The van der Waals surface area contributed by atoms with Crippen LogP contribution >= 0.6 is 11.3 Å². The summed E-state index contributed by atoms with van der Waals surface area (Å²) in [5, 5.41) is 11.9. The van der Waals surface area contributed by atoms with Crippen LogP contribution in [-0.4, -0.2) is 25.7 Å². The molecule has 1 aromatic heterocycles. The zero-order valence-corrected chi connectivity index (χ0v) is 13.6. The number of rotatable bonds is 7. The first kappa shape index (κ1) is 15.9. The monoisotopic (exact) mass is 326 g/mol. The average molecular weight is 326 g/mol. The third-order valence-electron chi connectivity index (χ3n) is 2.77. The summed E-state index contributed by atoms with van der Waals surface area (Å²) in [6, 6.07) is 7.48. The van der Waals surface area contributed by atoms with Gasteiger partial charge in [-0.3, -0.25) is 4.72 Å². The quantitative estimate of drug-likeness (QED) is 0.810. The molecule has 0 fully saturated rings. The average Bonchev–Trinajstić information content (AvgIpc) is 2.88. The Morgan fingerprint density at radius 2 is 1.81 bits per heavy atom. The minimum absolute atomic E-state index is 0.0755. The van der Waals surface area contributed by atoms with E-state index in [0.717, 1.165) is 29.1 Å². The fraction of sp³-hybridized carbons (Fsp3) is 0.385. The van der Waals surface area contributed by atoms with Crippen LogP contribution in [0.2, 0.25) is 0 Å². The Kier molecular flexibility index (Phi) is 5.27. The maximum atomic E-state index is 12.1. The Balaban J connectivity index is 2.02.